The van der Waals surface area contributed by atoms with E-state index in [0.29, 0.717) is 19.6 Å². The largest absolute Gasteiger partial charge is 0.334 e. The summed E-state index contributed by atoms with van der Waals surface area (Å²) in [5.41, 5.74) is 0.990. The van der Waals surface area contributed by atoms with Crippen LogP contribution in [0.3, 0.4) is 0 Å². The molecule has 1 unspecified atom stereocenters. The summed E-state index contributed by atoms with van der Waals surface area (Å²) in [6.45, 7) is 1.38. The molecule has 2 heterocycles. The molecule has 0 aromatic heterocycles. The van der Waals surface area contributed by atoms with E-state index in [1.54, 1.807) is 4.90 Å². The third kappa shape index (κ3) is 4.36. The molecule has 8 nitrogen and oxygen atoms in total. The Morgan fingerprint density at radius 2 is 1.77 bits per heavy atom. The van der Waals surface area contributed by atoms with E-state index in [4.69, 9.17) is 0 Å². The van der Waals surface area contributed by atoms with E-state index < -0.39 is 25.1 Å². The zero-order valence-corrected chi connectivity index (χ0v) is 16.0. The highest BCUT2D eigenvalue weighted by atomic mass is 32.2. The van der Waals surface area contributed by atoms with Gasteiger partial charge in [0.2, 0.25) is 10.0 Å². The quantitative estimate of drug-likeness (QED) is 0.767. The summed E-state index contributed by atoms with van der Waals surface area (Å²) in [5, 5.41) is 1.97. The fraction of sp³-hybridized carbons (Fsp3) is 0.562. The van der Waals surface area contributed by atoms with Crippen LogP contribution in [0.4, 0.5) is 4.79 Å². The Kier molecular flexibility index (Phi) is 5.54. The lowest BCUT2D eigenvalue weighted by Crippen LogP contribution is -2.54. The Hall–Kier alpha value is -1.65. The van der Waals surface area contributed by atoms with Crippen molar-refractivity contribution in [3.05, 3.63) is 35.9 Å². The lowest BCUT2D eigenvalue weighted by Gasteiger charge is -2.35. The minimum Gasteiger partial charge on any atom is -0.334 e. The topological polar surface area (TPSA) is 104 Å². The minimum absolute atomic E-state index is 0.0707. The van der Waals surface area contributed by atoms with E-state index in [2.05, 4.69) is 5.32 Å². The van der Waals surface area contributed by atoms with Gasteiger partial charge >= 0.3 is 6.03 Å². The van der Waals surface area contributed by atoms with Crippen molar-refractivity contribution in [2.24, 2.45) is 0 Å². The fourth-order valence-electron chi connectivity index (χ4n) is 3.24. The monoisotopic (exact) mass is 401 g/mol. The Labute approximate surface area is 154 Å². The van der Waals surface area contributed by atoms with Gasteiger partial charge < -0.3 is 10.2 Å². The number of carbonyl (C=O) groups is 1. The minimum atomic E-state index is -3.64. The number of urea groups is 1. The molecule has 1 aromatic rings. The van der Waals surface area contributed by atoms with E-state index in [0.717, 1.165) is 5.56 Å². The van der Waals surface area contributed by atoms with E-state index >= 15 is 0 Å². The number of carbonyl (C=O) groups excluding carboxylic acids is 1. The number of piperazine rings is 1. The first-order chi connectivity index (χ1) is 12.3. The van der Waals surface area contributed by atoms with Crippen LogP contribution in [0.25, 0.3) is 0 Å². The summed E-state index contributed by atoms with van der Waals surface area (Å²) in [4.78, 5) is 13.8. The first-order valence-corrected chi connectivity index (χ1v) is 11.9. The van der Waals surface area contributed by atoms with Crippen molar-refractivity contribution in [2.45, 2.75) is 18.2 Å². The number of sulfone groups is 1. The van der Waals surface area contributed by atoms with Gasteiger partial charge in [0, 0.05) is 32.7 Å². The molecule has 0 aliphatic carbocycles. The molecule has 26 heavy (non-hydrogen) atoms. The Morgan fingerprint density at radius 1 is 1.12 bits per heavy atom. The van der Waals surface area contributed by atoms with Crippen LogP contribution in [0.2, 0.25) is 0 Å². The summed E-state index contributed by atoms with van der Waals surface area (Å²) in [6.07, 6.45) is 0.155. The second-order valence-corrected chi connectivity index (χ2v) is 11.0. The normalized spacial score (nSPS) is 23.7. The molecule has 3 rings (SSSR count). The summed E-state index contributed by atoms with van der Waals surface area (Å²) in [7, 11) is -6.90. The van der Waals surface area contributed by atoms with Gasteiger partial charge in [0.15, 0.2) is 9.84 Å². The van der Waals surface area contributed by atoms with Gasteiger partial charge in [0.25, 0.3) is 0 Å². The van der Waals surface area contributed by atoms with Gasteiger partial charge in [-0.1, -0.05) is 30.3 Å². The molecule has 1 atom stereocenters. The molecule has 10 heteroatoms. The molecule has 2 amide bonds. The van der Waals surface area contributed by atoms with E-state index in [1.165, 1.54) is 4.31 Å². The maximum atomic E-state index is 12.6. The molecule has 1 N–H and O–H groups in total. The first-order valence-electron chi connectivity index (χ1n) is 8.54. The van der Waals surface area contributed by atoms with Crippen LogP contribution in [-0.4, -0.2) is 75.0 Å². The molecule has 0 spiro atoms. The molecule has 0 radical (unpaired) electrons. The lowest BCUT2D eigenvalue weighted by atomic mass is 10.2. The molecule has 1 aromatic carbocycles. The molecular formula is C16H23N3O5S2. The molecule has 2 fully saturated rings. The predicted molar refractivity (Wildman–Crippen MR) is 97.8 cm³/mol. The van der Waals surface area contributed by atoms with Gasteiger partial charge in [-0.25, -0.2) is 21.6 Å². The van der Waals surface area contributed by atoms with E-state index in [1.807, 2.05) is 30.3 Å². The van der Waals surface area contributed by atoms with Crippen molar-refractivity contribution in [1.29, 1.82) is 0 Å². The average Bonchev–Trinajstić information content (AvgIpc) is 3.01. The third-order valence-electron chi connectivity index (χ3n) is 4.78. The summed E-state index contributed by atoms with van der Waals surface area (Å²) in [6, 6.07) is 9.30. The SMILES string of the molecule is O=C(NCc1ccccc1)N1CCN(S(=O)(=O)C2CCS(=O)(=O)C2)CC1. The molecule has 0 bridgehead atoms. The molecule has 2 aliphatic rings. The van der Waals surface area contributed by atoms with Crippen LogP contribution in [-0.2, 0) is 26.4 Å². The summed E-state index contributed by atoms with van der Waals surface area (Å²) >= 11 is 0. The molecule has 2 aliphatic heterocycles. The lowest BCUT2D eigenvalue weighted by molar-refractivity contribution is 0.171. The van der Waals surface area contributed by atoms with Gasteiger partial charge in [-0.3, -0.25) is 0 Å². The first kappa shape index (κ1) is 19.1. The van der Waals surface area contributed by atoms with Crippen LogP contribution in [0.15, 0.2) is 30.3 Å². The van der Waals surface area contributed by atoms with Crippen molar-refractivity contribution in [3.8, 4) is 0 Å². The Balaban J connectivity index is 1.51. The molecule has 2 saturated heterocycles. The zero-order chi connectivity index (χ0) is 18.8. The summed E-state index contributed by atoms with van der Waals surface area (Å²) < 4.78 is 49.6. The molecule has 0 saturated carbocycles. The average molecular weight is 402 g/mol. The number of nitrogens with zero attached hydrogens (tertiary/aromatic N) is 2. The van der Waals surface area contributed by atoms with Gasteiger partial charge in [0.05, 0.1) is 16.8 Å². The highest BCUT2D eigenvalue weighted by Gasteiger charge is 2.41. The summed E-state index contributed by atoms with van der Waals surface area (Å²) in [5.74, 6) is -0.369. The molecular weight excluding hydrogens is 378 g/mol. The van der Waals surface area contributed by atoms with Gasteiger partial charge in [-0.15, -0.1) is 0 Å². The second kappa shape index (κ2) is 7.53. The smallest absolute Gasteiger partial charge is 0.317 e. The van der Waals surface area contributed by atoms with E-state index in [9.17, 15) is 21.6 Å². The van der Waals surface area contributed by atoms with Crippen molar-refractivity contribution >= 4 is 25.9 Å². The van der Waals surface area contributed by atoms with Crippen LogP contribution in [0.5, 0.6) is 0 Å². The standard InChI is InChI=1S/C16H23N3O5S2/c20-16(17-12-14-4-2-1-3-5-14)18-7-9-19(10-8-18)26(23,24)15-6-11-25(21,22)13-15/h1-5,15H,6-13H2,(H,17,20). The number of benzene rings is 1. The second-order valence-electron chi connectivity index (χ2n) is 6.60. The van der Waals surface area contributed by atoms with Gasteiger partial charge in [0.1, 0.15) is 0 Å². The van der Waals surface area contributed by atoms with Gasteiger partial charge in [-0.2, -0.15) is 4.31 Å². The number of amides is 2. The van der Waals surface area contributed by atoms with Crippen LogP contribution in [0, 0.1) is 0 Å². The fourth-order valence-corrected chi connectivity index (χ4v) is 7.75. The molecule has 144 valence electrons. The van der Waals surface area contributed by atoms with Crippen molar-refractivity contribution in [3.63, 3.8) is 0 Å². The number of hydrogen-bond donors (Lipinski definition) is 1. The maximum absolute atomic E-state index is 12.6. The highest BCUT2D eigenvalue weighted by Crippen LogP contribution is 2.23. The number of hydrogen-bond acceptors (Lipinski definition) is 5. The Bertz CT molecular complexity index is 847. The van der Waals surface area contributed by atoms with Crippen LogP contribution < -0.4 is 5.32 Å². The van der Waals surface area contributed by atoms with Crippen LogP contribution in [0.1, 0.15) is 12.0 Å². The van der Waals surface area contributed by atoms with Crippen molar-refractivity contribution < 1.29 is 21.6 Å². The van der Waals surface area contributed by atoms with Crippen molar-refractivity contribution in [1.82, 2.24) is 14.5 Å². The van der Waals surface area contributed by atoms with Gasteiger partial charge in [-0.05, 0) is 12.0 Å². The third-order valence-corrected chi connectivity index (χ3v) is 9.09. The number of rotatable bonds is 4. The van der Waals surface area contributed by atoms with Crippen molar-refractivity contribution in [2.75, 3.05) is 37.7 Å². The maximum Gasteiger partial charge on any atom is 0.317 e. The number of nitrogens with one attached hydrogen (secondary N) is 1. The highest BCUT2D eigenvalue weighted by molar-refractivity contribution is 7.95. The van der Waals surface area contributed by atoms with Crippen LogP contribution >= 0.6 is 0 Å². The number of sulfonamides is 1. The van der Waals surface area contributed by atoms with E-state index in [-0.39, 0.29) is 37.0 Å². The zero-order valence-electron chi connectivity index (χ0n) is 14.4. The Morgan fingerprint density at radius 3 is 2.35 bits per heavy atom. The predicted octanol–water partition coefficient (Wildman–Crippen LogP) is 0.0307.